The molecule has 2 aromatic heterocycles. The van der Waals surface area contributed by atoms with E-state index in [1.165, 1.54) is 12.1 Å². The van der Waals surface area contributed by atoms with E-state index in [9.17, 15) is 15.2 Å². The number of nitrogens with one attached hydrogen (secondary N) is 1. The predicted octanol–water partition coefficient (Wildman–Crippen LogP) is 4.89. The summed E-state index contributed by atoms with van der Waals surface area (Å²) < 4.78 is 2.09. The number of nitrogens with zero attached hydrogens (tertiary/aromatic N) is 3. The van der Waals surface area contributed by atoms with Crippen LogP contribution < -0.4 is 5.32 Å². The Bertz CT molecular complexity index is 1360. The van der Waals surface area contributed by atoms with Gasteiger partial charge in [-0.3, -0.25) is 9.78 Å². The van der Waals surface area contributed by atoms with E-state index >= 15 is 0 Å². The van der Waals surface area contributed by atoms with Crippen molar-refractivity contribution in [3.8, 4) is 17.5 Å². The van der Waals surface area contributed by atoms with Crippen LogP contribution in [0.2, 0.25) is 0 Å². The van der Waals surface area contributed by atoms with Gasteiger partial charge in [-0.25, -0.2) is 0 Å². The highest BCUT2D eigenvalue weighted by atomic mass is 16.3. The molecule has 152 valence electrons. The zero-order valence-corrected chi connectivity index (χ0v) is 17.1. The van der Waals surface area contributed by atoms with Crippen molar-refractivity contribution in [2.45, 2.75) is 13.8 Å². The number of phenolic OH excluding ortho intramolecular Hbond substituents is 1. The minimum Gasteiger partial charge on any atom is -0.508 e. The summed E-state index contributed by atoms with van der Waals surface area (Å²) in [4.78, 5) is 16.9. The summed E-state index contributed by atoms with van der Waals surface area (Å²) in [5, 5.41) is 22.6. The largest absolute Gasteiger partial charge is 0.508 e. The molecule has 0 aliphatic carbocycles. The molecule has 0 radical (unpaired) electrons. The van der Waals surface area contributed by atoms with Gasteiger partial charge in [-0.1, -0.05) is 6.07 Å². The number of aromatic nitrogens is 2. The standard InChI is InChI=1S/C25H20N4O2/c1-16-12-19(13-20(15-26)25(31)28-21-5-8-23(30)9-6-21)17(2)29(16)22-7-10-24-18(14-22)4-3-11-27-24/h3-14,30H,1-2H3,(H,28,31)/b20-13-. The number of aryl methyl sites for hydroxylation is 1. The number of carbonyl (C=O) groups is 1. The quantitative estimate of drug-likeness (QED) is 0.286. The molecule has 2 N–H and O–H groups in total. The maximum atomic E-state index is 12.6. The topological polar surface area (TPSA) is 90.9 Å². The first-order valence-corrected chi connectivity index (χ1v) is 9.72. The number of benzene rings is 2. The van der Waals surface area contributed by atoms with Gasteiger partial charge in [-0.15, -0.1) is 0 Å². The highest BCUT2D eigenvalue weighted by molar-refractivity contribution is 6.09. The number of pyridine rings is 1. The van der Waals surface area contributed by atoms with E-state index in [0.717, 1.165) is 33.5 Å². The monoisotopic (exact) mass is 408 g/mol. The van der Waals surface area contributed by atoms with Crippen LogP contribution in [0, 0.1) is 25.2 Å². The fourth-order valence-corrected chi connectivity index (χ4v) is 3.58. The molecule has 0 bridgehead atoms. The van der Waals surface area contributed by atoms with Crippen LogP contribution in [0.15, 0.2) is 72.4 Å². The molecule has 2 heterocycles. The molecule has 0 atom stereocenters. The molecule has 0 unspecified atom stereocenters. The van der Waals surface area contributed by atoms with Crippen molar-refractivity contribution in [3.05, 3.63) is 89.4 Å². The Morgan fingerprint density at radius 3 is 2.65 bits per heavy atom. The first-order chi connectivity index (χ1) is 15.0. The van der Waals surface area contributed by atoms with Gasteiger partial charge in [-0.2, -0.15) is 5.26 Å². The molecule has 0 saturated heterocycles. The van der Waals surface area contributed by atoms with E-state index in [-0.39, 0.29) is 11.3 Å². The number of anilines is 1. The predicted molar refractivity (Wildman–Crippen MR) is 121 cm³/mol. The second kappa shape index (κ2) is 8.17. The molecule has 0 saturated carbocycles. The number of fused-ring (bicyclic) bond motifs is 1. The second-order valence-electron chi connectivity index (χ2n) is 7.21. The van der Waals surface area contributed by atoms with Gasteiger partial charge in [-0.05, 0) is 80.1 Å². The molecular weight excluding hydrogens is 388 g/mol. The van der Waals surface area contributed by atoms with Crippen molar-refractivity contribution in [3.63, 3.8) is 0 Å². The molecule has 6 nitrogen and oxygen atoms in total. The first kappa shape index (κ1) is 19.9. The van der Waals surface area contributed by atoms with Crippen LogP contribution in [-0.2, 0) is 4.79 Å². The Morgan fingerprint density at radius 1 is 1.13 bits per heavy atom. The van der Waals surface area contributed by atoms with Crippen molar-refractivity contribution in [1.29, 1.82) is 5.26 Å². The van der Waals surface area contributed by atoms with Gasteiger partial charge < -0.3 is 15.0 Å². The summed E-state index contributed by atoms with van der Waals surface area (Å²) in [6.45, 7) is 3.94. The third-order valence-electron chi connectivity index (χ3n) is 5.11. The Morgan fingerprint density at radius 2 is 1.90 bits per heavy atom. The molecular formula is C25H20N4O2. The Hall–Kier alpha value is -4.37. The summed E-state index contributed by atoms with van der Waals surface area (Å²) in [5.41, 5.74) is 5.11. The van der Waals surface area contributed by atoms with E-state index in [2.05, 4.69) is 20.9 Å². The number of phenols is 1. The van der Waals surface area contributed by atoms with Crippen LogP contribution in [0.3, 0.4) is 0 Å². The van der Waals surface area contributed by atoms with Gasteiger partial charge in [0.1, 0.15) is 17.4 Å². The summed E-state index contributed by atoms with van der Waals surface area (Å²) in [6.07, 6.45) is 3.36. The zero-order valence-electron chi connectivity index (χ0n) is 17.1. The van der Waals surface area contributed by atoms with E-state index < -0.39 is 5.91 Å². The SMILES string of the molecule is Cc1cc(/C=C(/C#N)C(=O)Nc2ccc(O)cc2)c(C)n1-c1ccc2ncccc2c1. The molecule has 4 aromatic rings. The molecule has 2 aromatic carbocycles. The minimum absolute atomic E-state index is 0.00367. The van der Waals surface area contributed by atoms with Gasteiger partial charge in [0.05, 0.1) is 5.52 Å². The number of amides is 1. The fraction of sp³-hybridized carbons (Fsp3) is 0.0800. The van der Waals surface area contributed by atoms with Crippen LogP contribution in [0.5, 0.6) is 5.75 Å². The summed E-state index contributed by atoms with van der Waals surface area (Å²) in [6, 6.07) is 20.0. The van der Waals surface area contributed by atoms with Gasteiger partial charge in [0.2, 0.25) is 0 Å². The Kier molecular flexibility index (Phi) is 5.25. The van der Waals surface area contributed by atoms with Gasteiger partial charge in [0, 0.05) is 34.3 Å². The first-order valence-electron chi connectivity index (χ1n) is 9.72. The highest BCUT2D eigenvalue weighted by Gasteiger charge is 2.14. The van der Waals surface area contributed by atoms with E-state index in [1.807, 2.05) is 50.2 Å². The summed E-state index contributed by atoms with van der Waals surface area (Å²) >= 11 is 0. The highest BCUT2D eigenvalue weighted by Crippen LogP contribution is 2.25. The third kappa shape index (κ3) is 4.02. The summed E-state index contributed by atoms with van der Waals surface area (Å²) in [5.74, 6) is -0.402. The van der Waals surface area contributed by atoms with Crippen molar-refractivity contribution in [2.75, 3.05) is 5.32 Å². The Balaban J connectivity index is 1.67. The van der Waals surface area contributed by atoms with Crippen LogP contribution >= 0.6 is 0 Å². The van der Waals surface area contributed by atoms with E-state index in [4.69, 9.17) is 0 Å². The maximum Gasteiger partial charge on any atom is 0.266 e. The average molecular weight is 408 g/mol. The molecule has 4 rings (SSSR count). The van der Waals surface area contributed by atoms with Crippen LogP contribution in [0.1, 0.15) is 17.0 Å². The average Bonchev–Trinajstić information content (AvgIpc) is 3.06. The lowest BCUT2D eigenvalue weighted by atomic mass is 10.1. The number of rotatable bonds is 4. The van der Waals surface area contributed by atoms with Crippen molar-refractivity contribution in [2.24, 2.45) is 0 Å². The van der Waals surface area contributed by atoms with Crippen molar-refractivity contribution >= 4 is 28.6 Å². The number of carbonyl (C=O) groups excluding carboxylic acids is 1. The molecule has 31 heavy (non-hydrogen) atoms. The minimum atomic E-state index is -0.505. The third-order valence-corrected chi connectivity index (χ3v) is 5.11. The normalized spacial score (nSPS) is 11.3. The molecule has 1 amide bonds. The van der Waals surface area contributed by atoms with E-state index in [0.29, 0.717) is 5.69 Å². The second-order valence-corrected chi connectivity index (χ2v) is 7.21. The Labute approximate surface area is 179 Å². The molecule has 0 fully saturated rings. The number of nitriles is 1. The van der Waals surface area contributed by atoms with Gasteiger partial charge in [0.25, 0.3) is 5.91 Å². The zero-order chi connectivity index (χ0) is 22.0. The smallest absolute Gasteiger partial charge is 0.266 e. The number of aromatic hydroxyl groups is 1. The number of hydrogen-bond donors (Lipinski definition) is 2. The lowest BCUT2D eigenvalue weighted by Gasteiger charge is -2.11. The van der Waals surface area contributed by atoms with Crippen LogP contribution in [0.4, 0.5) is 5.69 Å². The molecule has 6 heteroatoms. The molecule has 0 aliphatic heterocycles. The van der Waals surface area contributed by atoms with Crippen molar-refractivity contribution < 1.29 is 9.90 Å². The fourth-order valence-electron chi connectivity index (χ4n) is 3.58. The maximum absolute atomic E-state index is 12.6. The van der Waals surface area contributed by atoms with Crippen LogP contribution in [-0.4, -0.2) is 20.6 Å². The van der Waals surface area contributed by atoms with Gasteiger partial charge >= 0.3 is 0 Å². The summed E-state index contributed by atoms with van der Waals surface area (Å²) in [7, 11) is 0. The molecule has 0 aliphatic rings. The van der Waals surface area contributed by atoms with E-state index in [1.54, 1.807) is 24.4 Å². The van der Waals surface area contributed by atoms with Gasteiger partial charge in [0.15, 0.2) is 0 Å². The number of hydrogen-bond acceptors (Lipinski definition) is 4. The lowest BCUT2D eigenvalue weighted by molar-refractivity contribution is -0.112. The van der Waals surface area contributed by atoms with Crippen LogP contribution in [0.25, 0.3) is 22.7 Å². The molecule has 0 spiro atoms. The lowest BCUT2D eigenvalue weighted by Crippen LogP contribution is -2.13. The van der Waals surface area contributed by atoms with Crippen molar-refractivity contribution in [1.82, 2.24) is 9.55 Å².